The lowest BCUT2D eigenvalue weighted by Crippen LogP contribution is -2.30. The summed E-state index contributed by atoms with van der Waals surface area (Å²) < 4.78 is 42.2. The fourth-order valence-corrected chi connectivity index (χ4v) is 5.62. The maximum absolute atomic E-state index is 13.1. The third-order valence-corrected chi connectivity index (χ3v) is 7.72. The second kappa shape index (κ2) is 8.63. The molecule has 0 spiro atoms. The number of benzene rings is 2. The maximum Gasteiger partial charge on any atom is 0.243 e. The van der Waals surface area contributed by atoms with Crippen LogP contribution in [-0.2, 0) is 22.3 Å². The number of rotatable bonds is 8. The van der Waals surface area contributed by atoms with E-state index in [-0.39, 0.29) is 10.7 Å². The van der Waals surface area contributed by atoms with E-state index < -0.39 is 10.0 Å². The summed E-state index contributed by atoms with van der Waals surface area (Å²) in [5, 5.41) is 0.819. The third kappa shape index (κ3) is 4.09. The predicted octanol–water partition coefficient (Wildman–Crippen LogP) is 4.52. The van der Waals surface area contributed by atoms with Gasteiger partial charge in [0.1, 0.15) is 5.82 Å². The summed E-state index contributed by atoms with van der Waals surface area (Å²) in [6.45, 7) is 7.28. The van der Waals surface area contributed by atoms with Gasteiger partial charge in [0, 0.05) is 25.4 Å². The van der Waals surface area contributed by atoms with Crippen molar-refractivity contribution in [3.63, 3.8) is 0 Å². The van der Waals surface area contributed by atoms with Gasteiger partial charge >= 0.3 is 0 Å². The lowest BCUT2D eigenvalue weighted by atomic mass is 10.2. The summed E-state index contributed by atoms with van der Waals surface area (Å²) in [5.74, 6) is 0.408. The number of thioether (sulfide) groups is 1. The number of aromatic nitrogens is 2. The summed E-state index contributed by atoms with van der Waals surface area (Å²) >= 11 is 1.55. The van der Waals surface area contributed by atoms with Gasteiger partial charge in [0.05, 0.1) is 15.9 Å². The summed E-state index contributed by atoms with van der Waals surface area (Å²) in [6, 6.07) is 11.5. The van der Waals surface area contributed by atoms with Gasteiger partial charge in [0.15, 0.2) is 5.16 Å². The van der Waals surface area contributed by atoms with Gasteiger partial charge in [-0.25, -0.2) is 17.8 Å². The Kier molecular flexibility index (Phi) is 6.42. The SMILES string of the molecule is CCN(CC)S(=O)(=O)c1ccc2c(c1)nc(SCc1ccc(F)cc1)n2CC. The number of hydrogen-bond acceptors (Lipinski definition) is 4. The molecule has 8 heteroatoms. The number of aryl methyl sites for hydroxylation is 1. The van der Waals surface area contributed by atoms with Gasteiger partial charge in [0.2, 0.25) is 10.0 Å². The third-order valence-electron chi connectivity index (χ3n) is 4.63. The van der Waals surface area contributed by atoms with E-state index in [1.807, 2.05) is 26.8 Å². The largest absolute Gasteiger partial charge is 0.319 e. The number of hydrogen-bond donors (Lipinski definition) is 0. The van der Waals surface area contributed by atoms with Crippen LogP contribution in [0.25, 0.3) is 11.0 Å². The van der Waals surface area contributed by atoms with Crippen molar-refractivity contribution in [3.8, 4) is 0 Å². The Morgan fingerprint density at radius 2 is 1.75 bits per heavy atom. The van der Waals surface area contributed by atoms with Crippen molar-refractivity contribution < 1.29 is 12.8 Å². The van der Waals surface area contributed by atoms with Crippen molar-refractivity contribution in [2.24, 2.45) is 0 Å². The monoisotopic (exact) mass is 421 g/mol. The Balaban J connectivity index is 1.93. The van der Waals surface area contributed by atoms with E-state index in [1.54, 1.807) is 36.0 Å². The number of halogens is 1. The molecule has 0 N–H and O–H groups in total. The molecule has 0 radical (unpaired) electrons. The molecule has 1 heterocycles. The van der Waals surface area contributed by atoms with Crippen molar-refractivity contribution in [3.05, 3.63) is 53.8 Å². The van der Waals surface area contributed by atoms with Gasteiger partial charge in [-0.3, -0.25) is 0 Å². The Hall–Kier alpha value is -1.90. The van der Waals surface area contributed by atoms with E-state index in [2.05, 4.69) is 9.55 Å². The molecule has 0 atom stereocenters. The first kappa shape index (κ1) is 20.8. The van der Waals surface area contributed by atoms with E-state index in [0.717, 1.165) is 22.8 Å². The average molecular weight is 422 g/mol. The van der Waals surface area contributed by atoms with Crippen LogP contribution in [0.1, 0.15) is 26.3 Å². The van der Waals surface area contributed by atoms with Crippen molar-refractivity contribution in [2.45, 2.75) is 43.1 Å². The van der Waals surface area contributed by atoms with Gasteiger partial charge in [-0.05, 0) is 42.8 Å². The molecule has 2 aromatic carbocycles. The summed E-state index contributed by atoms with van der Waals surface area (Å²) in [4.78, 5) is 4.93. The molecule has 5 nitrogen and oxygen atoms in total. The molecule has 0 saturated carbocycles. The van der Waals surface area contributed by atoms with Crippen LogP contribution >= 0.6 is 11.8 Å². The number of imidazole rings is 1. The molecule has 3 rings (SSSR count). The minimum absolute atomic E-state index is 0.253. The predicted molar refractivity (Wildman–Crippen MR) is 111 cm³/mol. The molecule has 1 aromatic heterocycles. The Bertz CT molecular complexity index is 1060. The van der Waals surface area contributed by atoms with Crippen LogP contribution in [0, 0.1) is 5.82 Å². The zero-order chi connectivity index (χ0) is 20.3. The molecule has 0 amide bonds. The number of sulfonamides is 1. The van der Waals surface area contributed by atoms with Gasteiger partial charge in [0.25, 0.3) is 0 Å². The number of fused-ring (bicyclic) bond motifs is 1. The van der Waals surface area contributed by atoms with Gasteiger partial charge in [-0.15, -0.1) is 0 Å². The molecular formula is C20H24FN3O2S2. The molecule has 0 unspecified atom stereocenters. The first-order chi connectivity index (χ1) is 13.4. The fraction of sp³-hybridized carbons (Fsp3) is 0.350. The van der Waals surface area contributed by atoms with E-state index in [0.29, 0.717) is 24.4 Å². The van der Waals surface area contributed by atoms with Crippen molar-refractivity contribution in [1.82, 2.24) is 13.9 Å². The number of nitrogens with zero attached hydrogens (tertiary/aromatic N) is 3. The maximum atomic E-state index is 13.1. The van der Waals surface area contributed by atoms with Gasteiger partial charge in [-0.2, -0.15) is 4.31 Å². The Labute approximate surface area is 169 Å². The molecule has 0 bridgehead atoms. The van der Waals surface area contributed by atoms with E-state index in [1.165, 1.54) is 16.4 Å². The topological polar surface area (TPSA) is 55.2 Å². The lowest BCUT2D eigenvalue weighted by Gasteiger charge is -2.18. The van der Waals surface area contributed by atoms with Crippen LogP contribution in [0.2, 0.25) is 0 Å². The summed E-state index contributed by atoms with van der Waals surface area (Å²) in [5.41, 5.74) is 2.57. The molecule has 0 saturated heterocycles. The molecule has 28 heavy (non-hydrogen) atoms. The molecule has 0 aliphatic heterocycles. The minimum Gasteiger partial charge on any atom is -0.319 e. The summed E-state index contributed by atoms with van der Waals surface area (Å²) in [7, 11) is -3.52. The molecule has 150 valence electrons. The van der Waals surface area contributed by atoms with E-state index in [4.69, 9.17) is 0 Å². The molecule has 0 aliphatic carbocycles. The minimum atomic E-state index is -3.52. The highest BCUT2D eigenvalue weighted by Gasteiger charge is 2.23. The van der Waals surface area contributed by atoms with Crippen LogP contribution in [0.3, 0.4) is 0 Å². The first-order valence-electron chi connectivity index (χ1n) is 9.28. The van der Waals surface area contributed by atoms with Crippen molar-refractivity contribution in [1.29, 1.82) is 0 Å². The zero-order valence-electron chi connectivity index (χ0n) is 16.2. The van der Waals surface area contributed by atoms with Gasteiger partial charge < -0.3 is 4.57 Å². The molecule has 3 aromatic rings. The second-order valence-corrected chi connectivity index (χ2v) is 9.17. The quantitative estimate of drug-likeness (QED) is 0.502. The highest BCUT2D eigenvalue weighted by molar-refractivity contribution is 7.98. The van der Waals surface area contributed by atoms with Crippen LogP contribution < -0.4 is 0 Å². The zero-order valence-corrected chi connectivity index (χ0v) is 17.9. The highest BCUT2D eigenvalue weighted by Crippen LogP contribution is 2.29. The van der Waals surface area contributed by atoms with Crippen LogP contribution in [0.15, 0.2) is 52.5 Å². The van der Waals surface area contributed by atoms with Crippen LogP contribution in [0.4, 0.5) is 4.39 Å². The fourth-order valence-electron chi connectivity index (χ4n) is 3.10. The second-order valence-electron chi connectivity index (χ2n) is 6.29. The van der Waals surface area contributed by atoms with Crippen molar-refractivity contribution >= 4 is 32.8 Å². The van der Waals surface area contributed by atoms with E-state index >= 15 is 0 Å². The van der Waals surface area contributed by atoms with E-state index in [9.17, 15) is 12.8 Å². The Morgan fingerprint density at radius 1 is 1.07 bits per heavy atom. The standard InChI is InChI=1S/C20H24FN3O2S2/c1-4-23(5-2)28(25,26)17-11-12-19-18(13-17)22-20(24(19)6-3)27-14-15-7-9-16(21)10-8-15/h7-13H,4-6,14H2,1-3H3. The average Bonchev–Trinajstić information content (AvgIpc) is 3.05. The van der Waals surface area contributed by atoms with Crippen LogP contribution in [-0.4, -0.2) is 35.4 Å². The smallest absolute Gasteiger partial charge is 0.243 e. The lowest BCUT2D eigenvalue weighted by molar-refractivity contribution is 0.445. The van der Waals surface area contributed by atoms with Crippen molar-refractivity contribution in [2.75, 3.05) is 13.1 Å². The first-order valence-corrected chi connectivity index (χ1v) is 11.7. The van der Waals surface area contributed by atoms with Gasteiger partial charge in [-0.1, -0.05) is 37.7 Å². The van der Waals surface area contributed by atoms with Crippen LogP contribution in [0.5, 0.6) is 0 Å². The highest BCUT2D eigenvalue weighted by atomic mass is 32.2. The summed E-state index contributed by atoms with van der Waals surface area (Å²) in [6.07, 6.45) is 0. The Morgan fingerprint density at radius 3 is 2.36 bits per heavy atom. The molecule has 0 aliphatic rings. The molecular weight excluding hydrogens is 397 g/mol. The molecule has 0 fully saturated rings. The normalized spacial score (nSPS) is 12.2.